The summed E-state index contributed by atoms with van der Waals surface area (Å²) in [6.45, 7) is 7.48. The van der Waals surface area contributed by atoms with Crippen molar-refractivity contribution < 1.29 is 0 Å². The van der Waals surface area contributed by atoms with Gasteiger partial charge in [-0.1, -0.05) is 6.42 Å². The summed E-state index contributed by atoms with van der Waals surface area (Å²) in [5.41, 5.74) is 5.51. The van der Waals surface area contributed by atoms with E-state index < -0.39 is 0 Å². The Balaban J connectivity index is 1.62. The first kappa shape index (κ1) is 14.4. The molecule has 1 aliphatic heterocycles. The molecule has 5 nitrogen and oxygen atoms in total. The number of rotatable bonds is 7. The number of piperazine rings is 1. The SMILES string of the molecule is NCCCCCN1CCN(Cc2ncccn2)CC1. The molecule has 0 radical (unpaired) electrons. The Hall–Kier alpha value is -1.04. The van der Waals surface area contributed by atoms with Crippen LogP contribution < -0.4 is 5.73 Å². The van der Waals surface area contributed by atoms with E-state index in [-0.39, 0.29) is 0 Å². The predicted octanol–water partition coefficient (Wildman–Crippen LogP) is 0.723. The maximum atomic E-state index is 5.51. The molecular weight excluding hydrogens is 238 g/mol. The first-order chi connectivity index (χ1) is 9.38. The topological polar surface area (TPSA) is 58.3 Å². The van der Waals surface area contributed by atoms with Gasteiger partial charge in [-0.3, -0.25) is 4.90 Å². The molecule has 1 aliphatic rings. The van der Waals surface area contributed by atoms with Crippen LogP contribution in [0.4, 0.5) is 0 Å². The highest BCUT2D eigenvalue weighted by Gasteiger charge is 2.16. The number of hydrogen-bond donors (Lipinski definition) is 1. The van der Waals surface area contributed by atoms with Gasteiger partial charge in [0.1, 0.15) is 5.82 Å². The van der Waals surface area contributed by atoms with Gasteiger partial charge >= 0.3 is 0 Å². The first-order valence-electron chi connectivity index (χ1n) is 7.29. The van der Waals surface area contributed by atoms with Crippen LogP contribution in [0.3, 0.4) is 0 Å². The van der Waals surface area contributed by atoms with Gasteiger partial charge in [0, 0.05) is 38.6 Å². The Morgan fingerprint density at radius 3 is 2.32 bits per heavy atom. The Bertz CT molecular complexity index is 335. The Labute approximate surface area is 115 Å². The van der Waals surface area contributed by atoms with Crippen LogP contribution in [0.5, 0.6) is 0 Å². The fourth-order valence-electron chi connectivity index (χ4n) is 2.44. The van der Waals surface area contributed by atoms with E-state index in [0.29, 0.717) is 0 Å². The molecule has 0 unspecified atom stereocenters. The minimum atomic E-state index is 0.824. The van der Waals surface area contributed by atoms with Crippen molar-refractivity contribution in [1.29, 1.82) is 0 Å². The molecule has 1 aromatic rings. The molecule has 1 saturated heterocycles. The molecule has 2 N–H and O–H groups in total. The van der Waals surface area contributed by atoms with Crippen molar-refractivity contribution in [3.05, 3.63) is 24.3 Å². The number of aromatic nitrogens is 2. The maximum absolute atomic E-state index is 5.51. The molecular formula is C14H25N5. The van der Waals surface area contributed by atoms with E-state index in [0.717, 1.165) is 51.5 Å². The molecule has 0 spiro atoms. The third-order valence-corrected chi connectivity index (χ3v) is 3.63. The summed E-state index contributed by atoms with van der Waals surface area (Å²) in [5.74, 6) is 0.930. The van der Waals surface area contributed by atoms with E-state index in [1.54, 1.807) is 0 Å². The largest absolute Gasteiger partial charge is 0.330 e. The lowest BCUT2D eigenvalue weighted by atomic mass is 10.2. The third-order valence-electron chi connectivity index (χ3n) is 3.63. The maximum Gasteiger partial charge on any atom is 0.142 e. The van der Waals surface area contributed by atoms with Gasteiger partial charge in [-0.25, -0.2) is 9.97 Å². The molecule has 19 heavy (non-hydrogen) atoms. The van der Waals surface area contributed by atoms with E-state index in [9.17, 15) is 0 Å². The predicted molar refractivity (Wildman–Crippen MR) is 76.7 cm³/mol. The van der Waals surface area contributed by atoms with E-state index in [1.807, 2.05) is 18.5 Å². The molecule has 5 heteroatoms. The van der Waals surface area contributed by atoms with Gasteiger partial charge < -0.3 is 10.6 Å². The lowest BCUT2D eigenvalue weighted by molar-refractivity contribution is 0.123. The summed E-state index contributed by atoms with van der Waals surface area (Å²) in [6.07, 6.45) is 7.32. The zero-order chi connectivity index (χ0) is 13.3. The van der Waals surface area contributed by atoms with Crippen LogP contribution >= 0.6 is 0 Å². The fraction of sp³-hybridized carbons (Fsp3) is 0.714. The molecule has 0 aliphatic carbocycles. The van der Waals surface area contributed by atoms with Crippen molar-refractivity contribution >= 4 is 0 Å². The summed E-state index contributed by atoms with van der Waals surface area (Å²) in [7, 11) is 0. The molecule has 1 fully saturated rings. The van der Waals surface area contributed by atoms with E-state index in [4.69, 9.17) is 5.73 Å². The molecule has 2 rings (SSSR count). The van der Waals surface area contributed by atoms with Crippen molar-refractivity contribution in [1.82, 2.24) is 19.8 Å². The molecule has 2 heterocycles. The van der Waals surface area contributed by atoms with Gasteiger partial charge in [0.25, 0.3) is 0 Å². The highest BCUT2D eigenvalue weighted by atomic mass is 15.3. The summed E-state index contributed by atoms with van der Waals surface area (Å²) in [5, 5.41) is 0. The number of hydrogen-bond acceptors (Lipinski definition) is 5. The van der Waals surface area contributed by atoms with Crippen LogP contribution in [-0.2, 0) is 6.54 Å². The van der Waals surface area contributed by atoms with Crippen molar-refractivity contribution in [2.75, 3.05) is 39.3 Å². The van der Waals surface area contributed by atoms with Crippen LogP contribution in [0.2, 0.25) is 0 Å². The van der Waals surface area contributed by atoms with Crippen LogP contribution in [0.15, 0.2) is 18.5 Å². The van der Waals surface area contributed by atoms with Gasteiger partial charge in [-0.05, 0) is 32.0 Å². The van der Waals surface area contributed by atoms with Crippen LogP contribution in [-0.4, -0.2) is 59.0 Å². The number of nitrogens with two attached hydrogens (primary N) is 1. The molecule has 0 saturated carbocycles. The average molecular weight is 263 g/mol. The van der Waals surface area contributed by atoms with Gasteiger partial charge in [0.2, 0.25) is 0 Å². The zero-order valence-corrected chi connectivity index (χ0v) is 11.7. The normalized spacial score (nSPS) is 17.7. The minimum Gasteiger partial charge on any atom is -0.330 e. The van der Waals surface area contributed by atoms with Crippen molar-refractivity contribution in [3.8, 4) is 0 Å². The monoisotopic (exact) mass is 263 g/mol. The standard InChI is InChI=1S/C14H25N5/c15-5-2-1-3-8-18-9-11-19(12-10-18)13-14-16-6-4-7-17-14/h4,6-7H,1-3,5,8-13,15H2. The zero-order valence-electron chi connectivity index (χ0n) is 11.7. The van der Waals surface area contributed by atoms with Crippen molar-refractivity contribution in [2.24, 2.45) is 5.73 Å². The van der Waals surface area contributed by atoms with Crippen LogP contribution in [0.1, 0.15) is 25.1 Å². The smallest absolute Gasteiger partial charge is 0.142 e. The molecule has 0 amide bonds. The lowest BCUT2D eigenvalue weighted by Crippen LogP contribution is -2.46. The molecule has 1 aromatic heterocycles. The first-order valence-corrected chi connectivity index (χ1v) is 7.29. The average Bonchev–Trinajstić information content (AvgIpc) is 2.46. The van der Waals surface area contributed by atoms with Crippen LogP contribution in [0, 0.1) is 0 Å². The second-order valence-corrected chi connectivity index (χ2v) is 5.13. The summed E-state index contributed by atoms with van der Waals surface area (Å²) < 4.78 is 0. The molecule has 0 aromatic carbocycles. The molecule has 0 atom stereocenters. The molecule has 106 valence electrons. The third kappa shape index (κ3) is 5.22. The van der Waals surface area contributed by atoms with Gasteiger partial charge in [-0.15, -0.1) is 0 Å². The summed E-state index contributed by atoms with van der Waals surface area (Å²) >= 11 is 0. The fourth-order valence-corrected chi connectivity index (χ4v) is 2.44. The van der Waals surface area contributed by atoms with Gasteiger partial charge in [0.15, 0.2) is 0 Å². The van der Waals surface area contributed by atoms with Crippen LogP contribution in [0.25, 0.3) is 0 Å². The molecule has 0 bridgehead atoms. The highest BCUT2D eigenvalue weighted by Crippen LogP contribution is 2.06. The lowest BCUT2D eigenvalue weighted by Gasteiger charge is -2.34. The summed E-state index contributed by atoms with van der Waals surface area (Å²) in [6, 6.07) is 1.86. The Kier molecular flexibility index (Phi) is 6.20. The van der Waals surface area contributed by atoms with Gasteiger partial charge in [-0.2, -0.15) is 0 Å². The van der Waals surface area contributed by atoms with Crippen molar-refractivity contribution in [3.63, 3.8) is 0 Å². The number of unbranched alkanes of at least 4 members (excludes halogenated alkanes) is 2. The second-order valence-electron chi connectivity index (χ2n) is 5.13. The highest BCUT2D eigenvalue weighted by molar-refractivity contribution is 4.89. The Morgan fingerprint density at radius 2 is 1.63 bits per heavy atom. The van der Waals surface area contributed by atoms with E-state index in [1.165, 1.54) is 19.4 Å². The minimum absolute atomic E-state index is 0.824. The quantitative estimate of drug-likeness (QED) is 0.735. The van der Waals surface area contributed by atoms with E-state index >= 15 is 0 Å². The Morgan fingerprint density at radius 1 is 0.947 bits per heavy atom. The summed E-state index contributed by atoms with van der Waals surface area (Å²) in [4.78, 5) is 13.6. The van der Waals surface area contributed by atoms with Gasteiger partial charge in [0.05, 0.1) is 6.54 Å². The number of nitrogens with zero attached hydrogens (tertiary/aromatic N) is 4. The van der Waals surface area contributed by atoms with E-state index in [2.05, 4.69) is 19.8 Å². The van der Waals surface area contributed by atoms with Crippen molar-refractivity contribution in [2.45, 2.75) is 25.8 Å². The second kappa shape index (κ2) is 8.19.